The number of hydrogen-bond donors (Lipinski definition) is 0. The smallest absolute Gasteiger partial charge is 0.164 e. The van der Waals surface area contributed by atoms with Gasteiger partial charge in [-0.1, -0.05) is 17.2 Å². The zero-order valence-electron chi connectivity index (χ0n) is 7.51. The molecular formula is C9H9N3O2. The summed E-state index contributed by atoms with van der Waals surface area (Å²) in [6.45, 7) is 1.40. The normalized spacial score (nSPS) is 13.1. The summed E-state index contributed by atoms with van der Waals surface area (Å²) in [5.41, 5.74) is 9.08. The zero-order chi connectivity index (χ0) is 9.80. The van der Waals surface area contributed by atoms with Crippen LogP contribution in [0.4, 0.5) is 0 Å². The van der Waals surface area contributed by atoms with Crippen LogP contribution in [0.15, 0.2) is 23.3 Å². The first kappa shape index (κ1) is 8.72. The number of benzene rings is 1. The highest BCUT2D eigenvalue weighted by molar-refractivity contribution is 5.47. The van der Waals surface area contributed by atoms with E-state index in [1.807, 2.05) is 18.2 Å². The Balaban J connectivity index is 2.34. The van der Waals surface area contributed by atoms with E-state index in [4.69, 9.17) is 15.0 Å². The third-order valence-electron chi connectivity index (χ3n) is 1.95. The van der Waals surface area contributed by atoms with Crippen molar-refractivity contribution in [2.45, 2.75) is 6.54 Å². The molecule has 0 bridgehead atoms. The summed E-state index contributed by atoms with van der Waals surface area (Å²) in [4.78, 5) is 2.71. The molecule has 0 unspecified atom stereocenters. The van der Waals surface area contributed by atoms with Crippen molar-refractivity contribution in [1.82, 2.24) is 0 Å². The summed E-state index contributed by atoms with van der Waals surface area (Å²) in [5, 5.41) is 3.50. The van der Waals surface area contributed by atoms with Gasteiger partial charge in [-0.25, -0.2) is 0 Å². The Hall–Kier alpha value is -1.87. The van der Waals surface area contributed by atoms with Crippen LogP contribution in [-0.2, 0) is 6.54 Å². The summed E-state index contributed by atoms with van der Waals surface area (Å²) >= 11 is 0. The van der Waals surface area contributed by atoms with Crippen LogP contribution in [0, 0.1) is 0 Å². The number of azide groups is 1. The molecule has 72 valence electrons. The Morgan fingerprint density at radius 1 is 1.36 bits per heavy atom. The van der Waals surface area contributed by atoms with Crippen LogP contribution in [0.25, 0.3) is 10.4 Å². The maximum Gasteiger partial charge on any atom is 0.164 e. The van der Waals surface area contributed by atoms with Crippen molar-refractivity contribution in [1.29, 1.82) is 0 Å². The molecule has 1 heterocycles. The maximum atomic E-state index is 8.22. The molecule has 14 heavy (non-hydrogen) atoms. The molecule has 1 aliphatic heterocycles. The highest BCUT2D eigenvalue weighted by Crippen LogP contribution is 2.33. The second kappa shape index (κ2) is 3.89. The van der Waals surface area contributed by atoms with Gasteiger partial charge >= 0.3 is 0 Å². The number of hydrogen-bond acceptors (Lipinski definition) is 3. The standard InChI is InChI=1S/C9H9N3O2/c10-12-11-6-7-2-1-3-8-9(7)14-5-4-13-8/h1-3H,4-6H2. The van der Waals surface area contributed by atoms with Gasteiger partial charge in [-0.05, 0) is 11.6 Å². The van der Waals surface area contributed by atoms with E-state index in [2.05, 4.69) is 10.0 Å². The van der Waals surface area contributed by atoms with Gasteiger partial charge in [0.2, 0.25) is 0 Å². The lowest BCUT2D eigenvalue weighted by molar-refractivity contribution is 0.170. The minimum Gasteiger partial charge on any atom is -0.486 e. The lowest BCUT2D eigenvalue weighted by atomic mass is 10.2. The zero-order valence-corrected chi connectivity index (χ0v) is 7.51. The lowest BCUT2D eigenvalue weighted by Gasteiger charge is -2.20. The number of fused-ring (bicyclic) bond motifs is 1. The Kier molecular flexibility index (Phi) is 2.42. The molecule has 0 saturated heterocycles. The molecule has 1 aliphatic rings. The van der Waals surface area contributed by atoms with Crippen LogP contribution in [0.2, 0.25) is 0 Å². The van der Waals surface area contributed by atoms with Crippen LogP contribution in [0.3, 0.4) is 0 Å². The summed E-state index contributed by atoms with van der Waals surface area (Å²) in [6, 6.07) is 5.56. The molecular weight excluding hydrogens is 182 g/mol. The fraction of sp³-hybridized carbons (Fsp3) is 0.333. The van der Waals surface area contributed by atoms with Crippen LogP contribution in [-0.4, -0.2) is 13.2 Å². The van der Waals surface area contributed by atoms with E-state index >= 15 is 0 Å². The quantitative estimate of drug-likeness (QED) is 0.408. The summed E-state index contributed by atoms with van der Waals surface area (Å²) in [7, 11) is 0. The van der Waals surface area contributed by atoms with E-state index in [1.165, 1.54) is 0 Å². The summed E-state index contributed by atoms with van der Waals surface area (Å²) in [5.74, 6) is 1.42. The fourth-order valence-electron chi connectivity index (χ4n) is 1.37. The van der Waals surface area contributed by atoms with Crippen molar-refractivity contribution in [2.75, 3.05) is 13.2 Å². The third-order valence-corrected chi connectivity index (χ3v) is 1.95. The fourth-order valence-corrected chi connectivity index (χ4v) is 1.37. The highest BCUT2D eigenvalue weighted by Gasteiger charge is 2.14. The van der Waals surface area contributed by atoms with Gasteiger partial charge in [0, 0.05) is 10.5 Å². The maximum absolute atomic E-state index is 8.22. The van der Waals surface area contributed by atoms with E-state index in [9.17, 15) is 0 Å². The second-order valence-electron chi connectivity index (χ2n) is 2.83. The Morgan fingerprint density at radius 2 is 2.21 bits per heavy atom. The molecule has 5 nitrogen and oxygen atoms in total. The van der Waals surface area contributed by atoms with Gasteiger partial charge < -0.3 is 9.47 Å². The number of ether oxygens (including phenoxy) is 2. The van der Waals surface area contributed by atoms with Gasteiger partial charge in [0.1, 0.15) is 13.2 Å². The topological polar surface area (TPSA) is 67.2 Å². The first-order valence-electron chi connectivity index (χ1n) is 4.30. The van der Waals surface area contributed by atoms with E-state index < -0.39 is 0 Å². The number of rotatable bonds is 2. The summed E-state index contributed by atoms with van der Waals surface area (Å²) < 4.78 is 10.8. The van der Waals surface area contributed by atoms with Gasteiger partial charge in [0.15, 0.2) is 11.5 Å². The van der Waals surface area contributed by atoms with Crippen molar-refractivity contribution < 1.29 is 9.47 Å². The van der Waals surface area contributed by atoms with Crippen molar-refractivity contribution >= 4 is 0 Å². The van der Waals surface area contributed by atoms with Crippen LogP contribution in [0.5, 0.6) is 11.5 Å². The molecule has 0 aliphatic carbocycles. The van der Waals surface area contributed by atoms with Crippen LogP contribution >= 0.6 is 0 Å². The Labute approximate surface area is 80.9 Å². The van der Waals surface area contributed by atoms with Gasteiger partial charge in [-0.15, -0.1) is 0 Å². The molecule has 0 atom stereocenters. The molecule has 0 aromatic heterocycles. The van der Waals surface area contributed by atoms with E-state index in [1.54, 1.807) is 0 Å². The molecule has 1 aromatic rings. The molecule has 0 N–H and O–H groups in total. The first-order valence-corrected chi connectivity index (χ1v) is 4.30. The first-order chi connectivity index (χ1) is 6.92. The average molecular weight is 191 g/mol. The minimum atomic E-state index is 0.295. The average Bonchev–Trinajstić information content (AvgIpc) is 2.26. The van der Waals surface area contributed by atoms with Gasteiger partial charge in [-0.2, -0.15) is 0 Å². The van der Waals surface area contributed by atoms with Crippen molar-refractivity contribution in [3.05, 3.63) is 34.2 Å². The molecule has 0 fully saturated rings. The lowest BCUT2D eigenvalue weighted by Crippen LogP contribution is -2.16. The third kappa shape index (κ3) is 1.58. The largest absolute Gasteiger partial charge is 0.486 e. The predicted molar refractivity (Wildman–Crippen MR) is 50.3 cm³/mol. The van der Waals surface area contributed by atoms with Crippen LogP contribution in [0.1, 0.15) is 5.56 Å². The van der Waals surface area contributed by atoms with Gasteiger partial charge in [0.25, 0.3) is 0 Å². The van der Waals surface area contributed by atoms with Crippen molar-refractivity contribution in [3.8, 4) is 11.5 Å². The monoisotopic (exact) mass is 191 g/mol. The molecule has 1 aromatic carbocycles. The molecule has 2 rings (SSSR count). The van der Waals surface area contributed by atoms with Crippen LogP contribution < -0.4 is 9.47 Å². The summed E-state index contributed by atoms with van der Waals surface area (Å²) in [6.07, 6.45) is 0. The van der Waals surface area contributed by atoms with E-state index in [-0.39, 0.29) is 0 Å². The predicted octanol–water partition coefficient (Wildman–Crippen LogP) is 2.27. The van der Waals surface area contributed by atoms with Gasteiger partial charge in [-0.3, -0.25) is 0 Å². The number of para-hydroxylation sites is 1. The van der Waals surface area contributed by atoms with Gasteiger partial charge in [0.05, 0.1) is 6.54 Å². The molecule has 0 saturated carbocycles. The molecule has 5 heteroatoms. The Bertz CT molecular complexity index is 386. The molecule has 0 radical (unpaired) electrons. The molecule has 0 spiro atoms. The minimum absolute atomic E-state index is 0.295. The Morgan fingerprint density at radius 3 is 3.07 bits per heavy atom. The highest BCUT2D eigenvalue weighted by atomic mass is 16.6. The SMILES string of the molecule is [N-]=[N+]=NCc1cccc2c1OCCO2. The van der Waals surface area contributed by atoms with E-state index in [0.717, 1.165) is 11.3 Å². The van der Waals surface area contributed by atoms with E-state index in [0.29, 0.717) is 25.5 Å². The van der Waals surface area contributed by atoms with Crippen molar-refractivity contribution in [2.24, 2.45) is 5.11 Å². The second-order valence-corrected chi connectivity index (χ2v) is 2.83. The molecule has 0 amide bonds. The number of nitrogens with zero attached hydrogens (tertiary/aromatic N) is 3. The van der Waals surface area contributed by atoms with Crippen molar-refractivity contribution in [3.63, 3.8) is 0 Å².